The first-order valence-electron chi connectivity index (χ1n) is 5.84. The molecule has 2 N–H and O–H groups in total. The van der Waals surface area contributed by atoms with Crippen LogP contribution in [-0.2, 0) is 9.59 Å². The van der Waals surface area contributed by atoms with E-state index in [1.165, 1.54) is 6.08 Å². The van der Waals surface area contributed by atoms with Crippen LogP contribution in [0.3, 0.4) is 0 Å². The fraction of sp³-hybridized carbons (Fsp3) is 0.417. The molecule has 0 aliphatic carbocycles. The van der Waals surface area contributed by atoms with Crippen LogP contribution >= 0.6 is 12.2 Å². The van der Waals surface area contributed by atoms with Gasteiger partial charge in [-0.25, -0.2) is 14.8 Å². The zero-order chi connectivity index (χ0) is 14.2. The van der Waals surface area contributed by atoms with Gasteiger partial charge < -0.3 is 10.4 Å². The van der Waals surface area contributed by atoms with E-state index in [9.17, 15) is 9.59 Å². The molecule has 0 fully saturated rings. The van der Waals surface area contributed by atoms with E-state index in [-0.39, 0.29) is 22.6 Å². The second-order valence-electron chi connectivity index (χ2n) is 4.82. The van der Waals surface area contributed by atoms with Gasteiger partial charge in [0.05, 0.1) is 0 Å². The number of nitrogens with one attached hydrogen (secondary N) is 1. The Balaban J connectivity index is 2.48. The predicted molar refractivity (Wildman–Crippen MR) is 74.3 cm³/mol. The topological polar surface area (TPSA) is 91.1 Å². The Labute approximate surface area is 115 Å². The summed E-state index contributed by atoms with van der Waals surface area (Å²) in [6.07, 6.45) is 2.07. The van der Waals surface area contributed by atoms with Crippen molar-refractivity contribution in [3.05, 3.63) is 11.6 Å². The smallest absolute Gasteiger partial charge is 0.354 e. The van der Waals surface area contributed by atoms with Crippen molar-refractivity contribution in [3.8, 4) is 0 Å². The third kappa shape index (κ3) is 2.76. The maximum absolute atomic E-state index is 12.0. The molecule has 0 aromatic rings. The van der Waals surface area contributed by atoms with E-state index in [1.54, 1.807) is 0 Å². The average molecular weight is 279 g/mol. The highest BCUT2D eigenvalue weighted by molar-refractivity contribution is 7.80. The standard InChI is InChI=1S/C12H13N3O3S/c1-5(2)3-6-4-7(11(17)18)13-9-8(6)10(16)15-12(19)14-9/h4-5,8H,3H2,1-2H3,(H,17,18)(H,15,16,19). The Morgan fingerprint density at radius 2 is 2.21 bits per heavy atom. The number of aliphatic imine (C=N–C) groups is 2. The predicted octanol–water partition coefficient (Wildman–Crippen LogP) is 0.927. The Kier molecular flexibility index (Phi) is 3.57. The number of carbonyl (C=O) groups excluding carboxylic acids is 1. The molecule has 2 aliphatic heterocycles. The number of carbonyl (C=O) groups is 2. The Morgan fingerprint density at radius 3 is 2.79 bits per heavy atom. The molecular weight excluding hydrogens is 266 g/mol. The van der Waals surface area contributed by atoms with Gasteiger partial charge >= 0.3 is 5.97 Å². The summed E-state index contributed by atoms with van der Waals surface area (Å²) >= 11 is 4.83. The summed E-state index contributed by atoms with van der Waals surface area (Å²) in [5.41, 5.74) is 0.601. The van der Waals surface area contributed by atoms with Crippen LogP contribution in [-0.4, -0.2) is 33.6 Å². The highest BCUT2D eigenvalue weighted by Crippen LogP contribution is 2.27. The van der Waals surface area contributed by atoms with Crippen molar-refractivity contribution in [2.75, 3.05) is 0 Å². The van der Waals surface area contributed by atoms with Crippen molar-refractivity contribution < 1.29 is 14.7 Å². The fourth-order valence-corrected chi connectivity index (χ4v) is 2.28. The molecule has 1 atom stereocenters. The molecule has 0 bridgehead atoms. The molecule has 2 aliphatic rings. The van der Waals surface area contributed by atoms with Gasteiger partial charge in [0.25, 0.3) is 0 Å². The lowest BCUT2D eigenvalue weighted by atomic mass is 9.86. The van der Waals surface area contributed by atoms with Gasteiger partial charge in [-0.15, -0.1) is 0 Å². The molecule has 7 heteroatoms. The van der Waals surface area contributed by atoms with Crippen molar-refractivity contribution in [2.24, 2.45) is 21.8 Å². The normalized spacial score (nSPS) is 22.3. The van der Waals surface area contributed by atoms with E-state index in [1.807, 2.05) is 13.8 Å². The number of fused-ring (bicyclic) bond motifs is 1. The lowest BCUT2D eigenvalue weighted by Crippen LogP contribution is -2.45. The van der Waals surface area contributed by atoms with Crippen LogP contribution in [0.1, 0.15) is 20.3 Å². The number of carboxylic acid groups (broad SMARTS) is 1. The third-order valence-corrected chi connectivity index (χ3v) is 2.95. The van der Waals surface area contributed by atoms with E-state index >= 15 is 0 Å². The van der Waals surface area contributed by atoms with Gasteiger partial charge in [-0.3, -0.25) is 4.79 Å². The van der Waals surface area contributed by atoms with E-state index in [0.717, 1.165) is 0 Å². The number of nitrogens with zero attached hydrogens (tertiary/aromatic N) is 2. The molecule has 100 valence electrons. The summed E-state index contributed by atoms with van der Waals surface area (Å²) in [5.74, 6) is -1.60. The number of carboxylic acids is 1. The number of rotatable bonds is 3. The lowest BCUT2D eigenvalue weighted by molar-refractivity contribution is -0.129. The average Bonchev–Trinajstić information content (AvgIpc) is 2.26. The number of amides is 1. The van der Waals surface area contributed by atoms with Crippen LogP contribution < -0.4 is 5.32 Å². The van der Waals surface area contributed by atoms with Gasteiger partial charge in [0.15, 0.2) is 0 Å². The lowest BCUT2D eigenvalue weighted by Gasteiger charge is -2.26. The minimum atomic E-state index is -1.14. The van der Waals surface area contributed by atoms with Crippen LogP contribution in [0.5, 0.6) is 0 Å². The van der Waals surface area contributed by atoms with Crippen molar-refractivity contribution in [3.63, 3.8) is 0 Å². The molecule has 0 aromatic heterocycles. The Bertz CT molecular complexity index is 561. The van der Waals surface area contributed by atoms with Gasteiger partial charge in [-0.05, 0) is 36.2 Å². The van der Waals surface area contributed by atoms with Crippen molar-refractivity contribution in [2.45, 2.75) is 20.3 Å². The van der Waals surface area contributed by atoms with Crippen LogP contribution in [0, 0.1) is 11.8 Å². The molecule has 6 nitrogen and oxygen atoms in total. The number of dihydropyridines is 1. The highest BCUT2D eigenvalue weighted by Gasteiger charge is 2.36. The maximum atomic E-state index is 12.0. The van der Waals surface area contributed by atoms with Crippen LogP contribution in [0.2, 0.25) is 0 Å². The fourth-order valence-electron chi connectivity index (χ4n) is 2.09. The summed E-state index contributed by atoms with van der Waals surface area (Å²) in [5, 5.41) is 11.5. The van der Waals surface area contributed by atoms with Gasteiger partial charge in [-0.2, -0.15) is 0 Å². The van der Waals surface area contributed by atoms with Gasteiger partial charge in [0.2, 0.25) is 11.0 Å². The summed E-state index contributed by atoms with van der Waals surface area (Å²) in [7, 11) is 0. The van der Waals surface area contributed by atoms with Crippen molar-refractivity contribution in [1.82, 2.24) is 5.32 Å². The first-order chi connectivity index (χ1) is 8.88. The van der Waals surface area contributed by atoms with E-state index in [2.05, 4.69) is 15.3 Å². The number of amidine groups is 1. The van der Waals surface area contributed by atoms with E-state index < -0.39 is 11.9 Å². The molecule has 0 saturated carbocycles. The zero-order valence-electron chi connectivity index (χ0n) is 10.5. The first-order valence-corrected chi connectivity index (χ1v) is 6.25. The van der Waals surface area contributed by atoms with Gasteiger partial charge in [0.1, 0.15) is 17.5 Å². The first kappa shape index (κ1) is 13.5. The van der Waals surface area contributed by atoms with Crippen LogP contribution in [0.4, 0.5) is 0 Å². The van der Waals surface area contributed by atoms with E-state index in [0.29, 0.717) is 17.9 Å². The molecular formula is C12H13N3O3S. The molecule has 2 heterocycles. The molecule has 0 saturated heterocycles. The molecule has 0 spiro atoms. The quantitative estimate of drug-likeness (QED) is 0.752. The molecule has 0 aromatic carbocycles. The molecule has 19 heavy (non-hydrogen) atoms. The summed E-state index contributed by atoms with van der Waals surface area (Å²) < 4.78 is 0. The number of hydrogen-bond donors (Lipinski definition) is 2. The summed E-state index contributed by atoms with van der Waals surface area (Å²) in [6, 6.07) is 0. The largest absolute Gasteiger partial charge is 0.477 e. The minimum Gasteiger partial charge on any atom is -0.477 e. The second-order valence-corrected chi connectivity index (χ2v) is 5.20. The Morgan fingerprint density at radius 1 is 1.53 bits per heavy atom. The second kappa shape index (κ2) is 5.00. The molecule has 1 amide bonds. The molecule has 2 rings (SSSR count). The van der Waals surface area contributed by atoms with Crippen LogP contribution in [0.25, 0.3) is 0 Å². The molecule has 0 radical (unpaired) electrons. The third-order valence-electron chi connectivity index (χ3n) is 2.76. The number of thiocarbonyl (C=S) groups is 1. The van der Waals surface area contributed by atoms with Gasteiger partial charge in [-0.1, -0.05) is 13.8 Å². The SMILES string of the molecule is CC(C)CC1=CC(C(=O)O)=NC2=NC(=S)NC(=O)C12. The Hall–Kier alpha value is -1.89. The summed E-state index contributed by atoms with van der Waals surface area (Å²) in [4.78, 5) is 30.9. The summed E-state index contributed by atoms with van der Waals surface area (Å²) in [6.45, 7) is 3.99. The highest BCUT2D eigenvalue weighted by atomic mass is 32.1. The van der Waals surface area contributed by atoms with Crippen LogP contribution in [0.15, 0.2) is 21.6 Å². The molecule has 1 unspecified atom stereocenters. The zero-order valence-corrected chi connectivity index (χ0v) is 11.3. The number of hydrogen-bond acceptors (Lipinski definition) is 4. The van der Waals surface area contributed by atoms with E-state index in [4.69, 9.17) is 17.3 Å². The van der Waals surface area contributed by atoms with Gasteiger partial charge in [0, 0.05) is 0 Å². The monoisotopic (exact) mass is 279 g/mol. The van der Waals surface area contributed by atoms with Crippen molar-refractivity contribution >= 4 is 40.8 Å². The number of aliphatic carboxylic acids is 1. The minimum absolute atomic E-state index is 0.0236. The maximum Gasteiger partial charge on any atom is 0.354 e. The van der Waals surface area contributed by atoms with Crippen molar-refractivity contribution in [1.29, 1.82) is 0 Å².